The van der Waals surface area contributed by atoms with Gasteiger partial charge in [0.25, 0.3) is 0 Å². The van der Waals surface area contributed by atoms with Crippen LogP contribution >= 0.6 is 0 Å². The quantitative estimate of drug-likeness (QED) is 0.525. The van der Waals surface area contributed by atoms with Crippen LogP contribution in [0.2, 0.25) is 0 Å². The predicted octanol–water partition coefficient (Wildman–Crippen LogP) is 3.05. The summed E-state index contributed by atoms with van der Waals surface area (Å²) in [5, 5.41) is 31.7. The Morgan fingerprint density at radius 2 is 1.58 bits per heavy atom. The summed E-state index contributed by atoms with van der Waals surface area (Å²) < 4.78 is 0. The van der Waals surface area contributed by atoms with Crippen molar-refractivity contribution in [2.24, 2.45) is 0 Å². The first kappa shape index (κ1) is 19.9. The monoisotopic (exact) mass is 357 g/mol. The smallest absolute Gasteiger partial charge is 0.303 e. The van der Waals surface area contributed by atoms with Crippen molar-refractivity contribution in [2.45, 2.75) is 44.8 Å². The zero-order chi connectivity index (χ0) is 18.9. The van der Waals surface area contributed by atoms with Gasteiger partial charge < -0.3 is 20.6 Å². The highest BCUT2D eigenvalue weighted by atomic mass is 16.4. The van der Waals surface area contributed by atoms with Crippen LogP contribution in [-0.2, 0) is 17.6 Å². The molecular formula is C21H27NO4. The van der Waals surface area contributed by atoms with Crippen LogP contribution in [0.4, 0.5) is 0 Å². The lowest BCUT2D eigenvalue weighted by Gasteiger charge is -2.20. The van der Waals surface area contributed by atoms with Gasteiger partial charge in [-0.3, -0.25) is 4.79 Å². The van der Waals surface area contributed by atoms with Gasteiger partial charge in [0, 0.05) is 12.5 Å². The molecule has 0 spiro atoms. The van der Waals surface area contributed by atoms with Crippen molar-refractivity contribution in [1.29, 1.82) is 0 Å². The summed E-state index contributed by atoms with van der Waals surface area (Å²) in [5.41, 5.74) is 3.12. The molecule has 2 atom stereocenters. The molecule has 5 nitrogen and oxygen atoms in total. The van der Waals surface area contributed by atoms with E-state index in [2.05, 4.69) is 17.4 Å². The lowest BCUT2D eigenvalue weighted by molar-refractivity contribution is -0.137. The zero-order valence-electron chi connectivity index (χ0n) is 15.1. The molecule has 2 aromatic carbocycles. The number of rotatable bonds is 10. The number of nitrogens with one attached hydrogen (secondary N) is 1. The zero-order valence-corrected chi connectivity index (χ0v) is 15.1. The highest BCUT2D eigenvalue weighted by Crippen LogP contribution is 2.19. The second kappa shape index (κ2) is 9.94. The van der Waals surface area contributed by atoms with Crippen molar-refractivity contribution in [3.05, 3.63) is 65.2 Å². The van der Waals surface area contributed by atoms with E-state index in [-0.39, 0.29) is 18.2 Å². The fraction of sp³-hybridized carbons (Fsp3) is 0.381. The number of benzene rings is 2. The molecule has 0 aliphatic carbocycles. The molecule has 2 aromatic rings. The summed E-state index contributed by atoms with van der Waals surface area (Å²) in [7, 11) is 0. The first-order valence-corrected chi connectivity index (χ1v) is 8.95. The maximum Gasteiger partial charge on any atom is 0.303 e. The van der Waals surface area contributed by atoms with Gasteiger partial charge in [-0.2, -0.15) is 0 Å². The van der Waals surface area contributed by atoms with Crippen LogP contribution in [0.25, 0.3) is 0 Å². The third-order valence-electron chi connectivity index (χ3n) is 4.47. The maximum absolute atomic E-state index is 10.5. The number of carboxylic acid groups (broad SMARTS) is 1. The van der Waals surface area contributed by atoms with Gasteiger partial charge in [0.2, 0.25) is 0 Å². The third-order valence-corrected chi connectivity index (χ3v) is 4.47. The average Bonchev–Trinajstić information content (AvgIpc) is 2.62. The van der Waals surface area contributed by atoms with Gasteiger partial charge in [-0.25, -0.2) is 0 Å². The molecular weight excluding hydrogens is 330 g/mol. The van der Waals surface area contributed by atoms with Gasteiger partial charge in [-0.05, 0) is 61.6 Å². The number of phenolic OH excluding ortho intramolecular Hbond substituents is 1. The van der Waals surface area contributed by atoms with Gasteiger partial charge in [0.15, 0.2) is 0 Å². The van der Waals surface area contributed by atoms with Crippen LogP contribution < -0.4 is 5.32 Å². The number of aliphatic hydroxyl groups is 1. The van der Waals surface area contributed by atoms with E-state index in [1.54, 1.807) is 24.3 Å². The molecule has 140 valence electrons. The molecule has 2 unspecified atom stereocenters. The molecule has 0 amide bonds. The SMILES string of the molecule is CC(NCCc1ccc(CCCC(=O)O)cc1)C(O)c1ccc(O)cc1. The minimum Gasteiger partial charge on any atom is -0.508 e. The Labute approximate surface area is 154 Å². The van der Waals surface area contributed by atoms with Crippen LogP contribution in [0.5, 0.6) is 5.75 Å². The van der Waals surface area contributed by atoms with Crippen LogP contribution in [0.1, 0.15) is 42.6 Å². The van der Waals surface area contributed by atoms with E-state index in [4.69, 9.17) is 5.11 Å². The second-order valence-corrected chi connectivity index (χ2v) is 6.59. The number of aromatic hydroxyl groups is 1. The second-order valence-electron chi connectivity index (χ2n) is 6.59. The van der Waals surface area contributed by atoms with Crippen LogP contribution in [0, 0.1) is 0 Å². The average molecular weight is 357 g/mol. The van der Waals surface area contributed by atoms with Gasteiger partial charge in [0.05, 0.1) is 6.10 Å². The minimum atomic E-state index is -0.753. The lowest BCUT2D eigenvalue weighted by Crippen LogP contribution is -2.33. The molecule has 0 fully saturated rings. The first-order valence-electron chi connectivity index (χ1n) is 8.95. The van der Waals surface area contributed by atoms with Gasteiger partial charge in [0.1, 0.15) is 5.75 Å². The van der Waals surface area contributed by atoms with Crippen molar-refractivity contribution in [2.75, 3.05) is 6.54 Å². The lowest BCUT2D eigenvalue weighted by atomic mass is 10.0. The van der Waals surface area contributed by atoms with E-state index < -0.39 is 12.1 Å². The summed E-state index contributed by atoms with van der Waals surface area (Å²) in [6.07, 6.45) is 1.85. The van der Waals surface area contributed by atoms with Crippen molar-refractivity contribution < 1.29 is 20.1 Å². The molecule has 0 saturated carbocycles. The van der Waals surface area contributed by atoms with Crippen LogP contribution in [0.3, 0.4) is 0 Å². The maximum atomic E-state index is 10.5. The van der Waals surface area contributed by atoms with Crippen molar-refractivity contribution in [3.8, 4) is 5.75 Å². The Hall–Kier alpha value is -2.37. The topological polar surface area (TPSA) is 89.8 Å². The van der Waals surface area contributed by atoms with Crippen molar-refractivity contribution >= 4 is 5.97 Å². The Kier molecular flexibility index (Phi) is 7.63. The van der Waals surface area contributed by atoms with E-state index in [0.29, 0.717) is 6.42 Å². The number of hydrogen-bond acceptors (Lipinski definition) is 4. The normalized spacial score (nSPS) is 13.3. The van der Waals surface area contributed by atoms with Crippen molar-refractivity contribution in [3.63, 3.8) is 0 Å². The van der Waals surface area contributed by atoms with E-state index in [9.17, 15) is 15.0 Å². The van der Waals surface area contributed by atoms with Crippen LogP contribution in [-0.4, -0.2) is 33.9 Å². The molecule has 26 heavy (non-hydrogen) atoms. The number of phenols is 1. The molecule has 0 heterocycles. The third kappa shape index (κ3) is 6.50. The molecule has 0 aromatic heterocycles. The summed E-state index contributed by atoms with van der Waals surface area (Å²) in [6.45, 7) is 2.68. The fourth-order valence-corrected chi connectivity index (χ4v) is 2.83. The number of aryl methyl sites for hydroxylation is 1. The Bertz CT molecular complexity index is 682. The fourth-order valence-electron chi connectivity index (χ4n) is 2.83. The summed E-state index contributed by atoms with van der Waals surface area (Å²) >= 11 is 0. The van der Waals surface area contributed by atoms with E-state index in [1.165, 1.54) is 5.56 Å². The highest BCUT2D eigenvalue weighted by molar-refractivity contribution is 5.66. The Morgan fingerprint density at radius 3 is 2.15 bits per heavy atom. The number of carbonyl (C=O) groups is 1. The van der Waals surface area contributed by atoms with E-state index in [1.807, 2.05) is 19.1 Å². The van der Waals surface area contributed by atoms with E-state index >= 15 is 0 Å². The molecule has 0 saturated heterocycles. The Balaban J connectivity index is 1.74. The van der Waals surface area contributed by atoms with Crippen LogP contribution in [0.15, 0.2) is 48.5 Å². The van der Waals surface area contributed by atoms with Gasteiger partial charge in [-0.15, -0.1) is 0 Å². The first-order chi connectivity index (χ1) is 12.5. The number of aliphatic carboxylic acids is 1. The summed E-state index contributed by atoms with van der Waals surface area (Å²) in [4.78, 5) is 10.5. The van der Waals surface area contributed by atoms with Gasteiger partial charge in [-0.1, -0.05) is 36.4 Å². The number of hydrogen-bond donors (Lipinski definition) is 4. The minimum absolute atomic E-state index is 0.102. The van der Waals surface area contributed by atoms with E-state index in [0.717, 1.165) is 30.5 Å². The number of aliphatic hydroxyl groups excluding tert-OH is 1. The molecule has 5 heteroatoms. The highest BCUT2D eigenvalue weighted by Gasteiger charge is 2.15. The van der Waals surface area contributed by atoms with Gasteiger partial charge >= 0.3 is 5.97 Å². The molecule has 2 rings (SSSR count). The Morgan fingerprint density at radius 1 is 1.00 bits per heavy atom. The predicted molar refractivity (Wildman–Crippen MR) is 101 cm³/mol. The molecule has 0 bridgehead atoms. The summed E-state index contributed by atoms with van der Waals surface area (Å²) in [5.74, 6) is -0.565. The largest absolute Gasteiger partial charge is 0.508 e. The standard InChI is InChI=1S/C21H27NO4/c1-15(21(26)18-9-11-19(23)12-10-18)22-14-13-17-7-5-16(6-8-17)3-2-4-20(24)25/h5-12,15,21-23,26H,2-4,13-14H2,1H3,(H,24,25). The molecule has 0 radical (unpaired) electrons. The molecule has 4 N–H and O–H groups in total. The van der Waals surface area contributed by atoms with Crippen molar-refractivity contribution in [1.82, 2.24) is 5.32 Å². The number of carboxylic acids is 1. The molecule has 0 aliphatic rings. The molecule has 0 aliphatic heterocycles. The summed E-state index contributed by atoms with van der Waals surface area (Å²) in [6, 6.07) is 14.7.